The number of esters is 1. The standard InChI is InChI=1S/C28H42O4/c1-16(29)18-8-9-21-27(6)13-10-20-25(3,4)11-7-12-26(20,5)22(27)14-23(32-17(2)30)28(21)15-19(31)24(18)28/h8,19-24,31H,7,9-15H2,1-6H3. The van der Waals surface area contributed by atoms with Crippen LogP contribution in [0, 0.1) is 45.3 Å². The maximum atomic E-state index is 12.5. The summed E-state index contributed by atoms with van der Waals surface area (Å²) in [5.74, 6) is 1.19. The summed E-state index contributed by atoms with van der Waals surface area (Å²) in [5, 5.41) is 10.9. The van der Waals surface area contributed by atoms with Crippen LogP contribution in [0.25, 0.3) is 0 Å². The van der Waals surface area contributed by atoms with Gasteiger partial charge in [0.05, 0.1) is 6.10 Å². The Hall–Kier alpha value is -1.16. The summed E-state index contributed by atoms with van der Waals surface area (Å²) in [5.41, 5.74) is 1.23. The highest BCUT2D eigenvalue weighted by Crippen LogP contribution is 2.76. The molecule has 1 spiro atoms. The smallest absolute Gasteiger partial charge is 0.302 e. The number of aliphatic hydroxyl groups excluding tert-OH is 1. The Morgan fingerprint density at radius 2 is 1.69 bits per heavy atom. The number of Topliss-reactive ketones (excluding diaryl/α,β-unsaturated/α-hetero) is 1. The number of aliphatic hydroxyl groups is 1. The number of hydrogen-bond donors (Lipinski definition) is 1. The second kappa shape index (κ2) is 6.93. The number of allylic oxidation sites excluding steroid dienone is 1. The van der Waals surface area contributed by atoms with Crippen LogP contribution in [0.4, 0.5) is 0 Å². The van der Waals surface area contributed by atoms with Crippen LogP contribution in [0.2, 0.25) is 0 Å². The van der Waals surface area contributed by atoms with E-state index in [9.17, 15) is 14.7 Å². The van der Waals surface area contributed by atoms with E-state index >= 15 is 0 Å². The number of fused-ring (bicyclic) bond motifs is 4. The van der Waals surface area contributed by atoms with Crippen molar-refractivity contribution in [1.29, 1.82) is 0 Å². The molecular weight excluding hydrogens is 400 g/mol. The van der Waals surface area contributed by atoms with Gasteiger partial charge in [0, 0.05) is 18.3 Å². The van der Waals surface area contributed by atoms with Gasteiger partial charge >= 0.3 is 5.97 Å². The number of ketones is 1. The van der Waals surface area contributed by atoms with E-state index in [0.717, 1.165) is 18.4 Å². The average Bonchev–Trinajstić information content (AvgIpc) is 2.66. The highest BCUT2D eigenvalue weighted by atomic mass is 16.5. The molecule has 0 aromatic rings. The fourth-order valence-electron chi connectivity index (χ4n) is 10.5. The molecule has 32 heavy (non-hydrogen) atoms. The van der Waals surface area contributed by atoms with Gasteiger partial charge in [-0.25, -0.2) is 0 Å². The van der Waals surface area contributed by atoms with Gasteiger partial charge in [-0.05, 0) is 91.4 Å². The topological polar surface area (TPSA) is 63.6 Å². The van der Waals surface area contributed by atoms with Crippen molar-refractivity contribution in [2.24, 2.45) is 45.3 Å². The quantitative estimate of drug-likeness (QED) is 0.576. The zero-order valence-corrected chi connectivity index (χ0v) is 20.9. The normalized spacial score (nSPS) is 51.0. The largest absolute Gasteiger partial charge is 0.462 e. The van der Waals surface area contributed by atoms with Crippen LogP contribution in [0.1, 0.15) is 92.9 Å². The van der Waals surface area contributed by atoms with Crippen LogP contribution >= 0.6 is 0 Å². The summed E-state index contributed by atoms with van der Waals surface area (Å²) in [6.45, 7) is 13.1. The molecule has 0 amide bonds. The van der Waals surface area contributed by atoms with Gasteiger partial charge in [0.15, 0.2) is 5.78 Å². The lowest BCUT2D eigenvalue weighted by Gasteiger charge is -2.74. The minimum atomic E-state index is -0.508. The lowest BCUT2D eigenvalue weighted by atomic mass is 9.31. The molecule has 1 N–H and O–H groups in total. The number of carbonyl (C=O) groups excluding carboxylic acids is 2. The van der Waals surface area contributed by atoms with Crippen LogP contribution in [-0.2, 0) is 14.3 Å². The number of ether oxygens (including phenoxy) is 1. The van der Waals surface area contributed by atoms with Gasteiger partial charge in [0.1, 0.15) is 6.10 Å². The molecule has 4 nitrogen and oxygen atoms in total. The molecule has 4 saturated carbocycles. The minimum absolute atomic E-state index is 0.0603. The van der Waals surface area contributed by atoms with Crippen molar-refractivity contribution in [1.82, 2.24) is 0 Å². The third-order valence-corrected chi connectivity index (χ3v) is 11.5. The summed E-state index contributed by atoms with van der Waals surface area (Å²) < 4.78 is 6.14. The first-order valence-corrected chi connectivity index (χ1v) is 12.9. The molecule has 9 atom stereocenters. The summed E-state index contributed by atoms with van der Waals surface area (Å²) >= 11 is 0. The van der Waals surface area contributed by atoms with Gasteiger partial charge in [0.25, 0.3) is 0 Å². The first-order chi connectivity index (χ1) is 14.9. The Bertz CT molecular complexity index is 873. The molecule has 0 bridgehead atoms. The summed E-state index contributed by atoms with van der Waals surface area (Å²) in [6.07, 6.45) is 10.1. The molecule has 5 rings (SSSR count). The first-order valence-electron chi connectivity index (χ1n) is 12.9. The maximum Gasteiger partial charge on any atom is 0.302 e. The third-order valence-electron chi connectivity index (χ3n) is 11.5. The third kappa shape index (κ3) is 2.71. The molecule has 0 aromatic heterocycles. The van der Waals surface area contributed by atoms with E-state index in [4.69, 9.17) is 4.74 Å². The van der Waals surface area contributed by atoms with Crippen molar-refractivity contribution in [3.63, 3.8) is 0 Å². The summed E-state index contributed by atoms with van der Waals surface area (Å²) in [4.78, 5) is 24.8. The Balaban J connectivity index is 1.63. The SMILES string of the molecule is CC(=O)OC1CC2C3(C)CCCC(C)(C)C3CCC2(C)C2CC=C(C(C)=O)C3C(O)CC132. The molecule has 0 radical (unpaired) electrons. The fraction of sp³-hybridized carbons (Fsp3) is 0.857. The van der Waals surface area contributed by atoms with Crippen molar-refractivity contribution in [3.8, 4) is 0 Å². The number of rotatable bonds is 2. The molecule has 0 saturated heterocycles. The van der Waals surface area contributed by atoms with Gasteiger partial charge in [-0.3, -0.25) is 9.59 Å². The Morgan fingerprint density at radius 3 is 2.31 bits per heavy atom. The van der Waals surface area contributed by atoms with E-state index in [0.29, 0.717) is 29.6 Å². The Morgan fingerprint density at radius 1 is 1.00 bits per heavy atom. The van der Waals surface area contributed by atoms with Crippen molar-refractivity contribution in [3.05, 3.63) is 11.6 Å². The summed E-state index contributed by atoms with van der Waals surface area (Å²) in [7, 11) is 0. The lowest BCUT2D eigenvalue weighted by Crippen LogP contribution is -2.73. The molecular formula is C28H42O4. The second-order valence-electron chi connectivity index (χ2n) is 13.2. The molecule has 4 fully saturated rings. The minimum Gasteiger partial charge on any atom is -0.462 e. The molecule has 0 aliphatic heterocycles. The monoisotopic (exact) mass is 442 g/mol. The predicted molar refractivity (Wildman–Crippen MR) is 124 cm³/mol. The van der Waals surface area contributed by atoms with Crippen molar-refractivity contribution < 1.29 is 19.4 Å². The molecule has 0 aromatic carbocycles. The van der Waals surface area contributed by atoms with Crippen LogP contribution in [0.3, 0.4) is 0 Å². The van der Waals surface area contributed by atoms with Gasteiger partial charge in [0.2, 0.25) is 0 Å². The van der Waals surface area contributed by atoms with Crippen molar-refractivity contribution in [2.75, 3.05) is 0 Å². The van der Waals surface area contributed by atoms with E-state index < -0.39 is 6.10 Å². The average molecular weight is 443 g/mol. The molecule has 0 heterocycles. The number of carbonyl (C=O) groups is 2. The fourth-order valence-corrected chi connectivity index (χ4v) is 10.5. The van der Waals surface area contributed by atoms with E-state index in [1.165, 1.54) is 39.0 Å². The van der Waals surface area contributed by atoms with Crippen LogP contribution in [0.5, 0.6) is 0 Å². The van der Waals surface area contributed by atoms with Crippen molar-refractivity contribution in [2.45, 2.75) is 105 Å². The van der Waals surface area contributed by atoms with E-state index in [2.05, 4.69) is 33.8 Å². The molecule has 4 heteroatoms. The van der Waals surface area contributed by atoms with E-state index in [1.54, 1.807) is 6.92 Å². The Kier molecular flexibility index (Phi) is 4.90. The van der Waals surface area contributed by atoms with E-state index in [-0.39, 0.29) is 40.0 Å². The molecule has 178 valence electrons. The second-order valence-corrected chi connectivity index (χ2v) is 13.2. The van der Waals surface area contributed by atoms with Gasteiger partial charge < -0.3 is 9.84 Å². The van der Waals surface area contributed by atoms with Gasteiger partial charge in [-0.15, -0.1) is 0 Å². The number of hydrogen-bond acceptors (Lipinski definition) is 4. The highest BCUT2D eigenvalue weighted by molar-refractivity contribution is 5.94. The molecule has 5 aliphatic carbocycles. The van der Waals surface area contributed by atoms with Crippen LogP contribution in [0.15, 0.2) is 11.6 Å². The Labute approximate surface area is 193 Å². The van der Waals surface area contributed by atoms with E-state index in [1.807, 2.05) is 0 Å². The first kappa shape index (κ1) is 22.6. The zero-order valence-electron chi connectivity index (χ0n) is 20.9. The maximum absolute atomic E-state index is 12.5. The predicted octanol–water partition coefficient (Wildman–Crippen LogP) is 5.47. The van der Waals surface area contributed by atoms with Gasteiger partial charge in [-0.2, -0.15) is 0 Å². The lowest BCUT2D eigenvalue weighted by molar-refractivity contribution is -0.287. The molecule has 5 aliphatic rings. The van der Waals surface area contributed by atoms with Crippen molar-refractivity contribution >= 4 is 11.8 Å². The summed E-state index contributed by atoms with van der Waals surface area (Å²) in [6, 6.07) is 0. The zero-order chi connectivity index (χ0) is 23.3. The van der Waals surface area contributed by atoms with Gasteiger partial charge in [-0.1, -0.05) is 40.2 Å². The van der Waals surface area contributed by atoms with Crippen LogP contribution < -0.4 is 0 Å². The molecule has 9 unspecified atom stereocenters. The van der Waals surface area contributed by atoms with Crippen LogP contribution in [-0.4, -0.2) is 29.1 Å². The highest BCUT2D eigenvalue weighted by Gasteiger charge is 2.74.